The van der Waals surface area contributed by atoms with Gasteiger partial charge in [-0.25, -0.2) is 0 Å². The van der Waals surface area contributed by atoms with Crippen LogP contribution in [0.3, 0.4) is 0 Å². The summed E-state index contributed by atoms with van der Waals surface area (Å²) in [7, 11) is 4.30. The summed E-state index contributed by atoms with van der Waals surface area (Å²) in [5.41, 5.74) is 6.42. The van der Waals surface area contributed by atoms with E-state index in [4.69, 9.17) is 5.73 Å². The third kappa shape index (κ3) is 6.73. The molecule has 0 unspecified atom stereocenters. The molecule has 2 N–H and O–H groups in total. The van der Waals surface area contributed by atoms with E-state index < -0.39 is 0 Å². The van der Waals surface area contributed by atoms with Crippen LogP contribution in [0.4, 0.5) is 0 Å². The Balaban J connectivity index is 4.96. The Hall–Kier alpha value is -0.120. The van der Waals surface area contributed by atoms with Crippen LogP contribution in [0.1, 0.15) is 53.4 Å². The second kappa shape index (κ2) is 9.73. The maximum absolute atomic E-state index is 6.21. The van der Waals surface area contributed by atoms with E-state index in [9.17, 15) is 0 Å². The summed E-state index contributed by atoms with van der Waals surface area (Å²) in [5, 5.41) is 0. The van der Waals surface area contributed by atoms with Gasteiger partial charge in [0, 0.05) is 31.7 Å². The van der Waals surface area contributed by atoms with E-state index in [1.807, 2.05) is 0 Å². The number of hydrogen-bond donors (Lipinski definition) is 1. The molecule has 3 heteroatoms. The van der Waals surface area contributed by atoms with Crippen molar-refractivity contribution in [2.75, 3.05) is 40.3 Å². The lowest BCUT2D eigenvalue weighted by Crippen LogP contribution is -2.56. The number of hydrogen-bond acceptors (Lipinski definition) is 3. The molecule has 0 aliphatic heterocycles. The van der Waals surface area contributed by atoms with Crippen molar-refractivity contribution >= 4 is 0 Å². The first-order valence-electron chi connectivity index (χ1n) is 8.01. The molecule has 0 atom stereocenters. The van der Waals surface area contributed by atoms with Crippen molar-refractivity contribution in [3.63, 3.8) is 0 Å². The van der Waals surface area contributed by atoms with Gasteiger partial charge in [0.1, 0.15) is 0 Å². The molecule has 0 aromatic carbocycles. The van der Waals surface area contributed by atoms with Gasteiger partial charge in [-0.05, 0) is 32.9 Å². The second-order valence-corrected chi connectivity index (χ2v) is 6.57. The maximum Gasteiger partial charge on any atom is 0.0332 e. The molecule has 0 saturated heterocycles. The zero-order valence-corrected chi connectivity index (χ0v) is 14.2. The Morgan fingerprint density at radius 2 is 1.53 bits per heavy atom. The smallest absolute Gasteiger partial charge is 0.0332 e. The van der Waals surface area contributed by atoms with E-state index in [1.165, 1.54) is 25.7 Å². The Kier molecular flexibility index (Phi) is 9.67. The topological polar surface area (TPSA) is 32.5 Å². The molecule has 0 bridgehead atoms. The van der Waals surface area contributed by atoms with Gasteiger partial charge in [0.05, 0.1) is 0 Å². The summed E-state index contributed by atoms with van der Waals surface area (Å²) in [4.78, 5) is 4.94. The minimum atomic E-state index is 0.212. The highest BCUT2D eigenvalue weighted by atomic mass is 15.2. The minimum Gasteiger partial charge on any atom is -0.329 e. The van der Waals surface area contributed by atoms with Gasteiger partial charge in [0.25, 0.3) is 0 Å². The van der Waals surface area contributed by atoms with Crippen LogP contribution in [0.2, 0.25) is 0 Å². The average Bonchev–Trinajstić information content (AvgIpc) is 2.33. The average molecular weight is 271 g/mol. The zero-order valence-electron chi connectivity index (χ0n) is 14.2. The molecular formula is C16H37N3. The number of rotatable bonds is 11. The van der Waals surface area contributed by atoms with E-state index in [1.54, 1.807) is 0 Å². The molecule has 0 saturated carbocycles. The SMILES string of the molecule is CCCC(CN)(CCC)N(CCN(C)C)CC(C)C. The molecule has 0 aliphatic carbocycles. The maximum atomic E-state index is 6.21. The zero-order chi connectivity index (χ0) is 14.9. The molecule has 0 spiro atoms. The fourth-order valence-corrected chi connectivity index (χ4v) is 2.99. The number of likely N-dealkylation sites (N-methyl/N-ethyl adjacent to an activating group) is 1. The van der Waals surface area contributed by atoms with Crippen LogP contribution in [0.25, 0.3) is 0 Å². The number of nitrogens with zero attached hydrogens (tertiary/aromatic N) is 2. The minimum absolute atomic E-state index is 0.212. The molecule has 19 heavy (non-hydrogen) atoms. The van der Waals surface area contributed by atoms with Gasteiger partial charge in [0.2, 0.25) is 0 Å². The van der Waals surface area contributed by atoms with Crippen LogP contribution in [-0.2, 0) is 0 Å². The Morgan fingerprint density at radius 1 is 1.00 bits per heavy atom. The summed E-state index contributed by atoms with van der Waals surface area (Å²) in [6.45, 7) is 13.4. The van der Waals surface area contributed by atoms with E-state index in [0.717, 1.165) is 26.2 Å². The van der Waals surface area contributed by atoms with Crippen LogP contribution < -0.4 is 5.73 Å². The molecule has 116 valence electrons. The summed E-state index contributed by atoms with van der Waals surface area (Å²) in [6.07, 6.45) is 4.87. The van der Waals surface area contributed by atoms with Crippen molar-refractivity contribution in [2.24, 2.45) is 11.7 Å². The fraction of sp³-hybridized carbons (Fsp3) is 1.00. The van der Waals surface area contributed by atoms with Crippen molar-refractivity contribution in [1.29, 1.82) is 0 Å². The van der Waals surface area contributed by atoms with Gasteiger partial charge in [-0.2, -0.15) is 0 Å². The summed E-state index contributed by atoms with van der Waals surface area (Å²) in [5.74, 6) is 0.696. The molecule has 0 aromatic heterocycles. The van der Waals surface area contributed by atoms with E-state index >= 15 is 0 Å². The van der Waals surface area contributed by atoms with Gasteiger partial charge in [-0.3, -0.25) is 4.90 Å². The largest absolute Gasteiger partial charge is 0.329 e. The first-order chi connectivity index (χ1) is 8.91. The van der Waals surface area contributed by atoms with Crippen molar-refractivity contribution in [3.05, 3.63) is 0 Å². The van der Waals surface area contributed by atoms with E-state index in [2.05, 4.69) is 51.6 Å². The lowest BCUT2D eigenvalue weighted by molar-refractivity contribution is 0.0563. The molecule has 0 fully saturated rings. The van der Waals surface area contributed by atoms with Crippen molar-refractivity contribution in [3.8, 4) is 0 Å². The van der Waals surface area contributed by atoms with Crippen LogP contribution in [0.5, 0.6) is 0 Å². The molecular weight excluding hydrogens is 234 g/mol. The van der Waals surface area contributed by atoms with Crippen molar-refractivity contribution in [2.45, 2.75) is 58.9 Å². The molecule has 0 radical (unpaired) electrons. The van der Waals surface area contributed by atoms with Gasteiger partial charge >= 0.3 is 0 Å². The van der Waals surface area contributed by atoms with Crippen molar-refractivity contribution < 1.29 is 0 Å². The third-order valence-corrected chi connectivity index (χ3v) is 3.88. The molecule has 0 heterocycles. The first-order valence-corrected chi connectivity index (χ1v) is 8.01. The van der Waals surface area contributed by atoms with E-state index in [-0.39, 0.29) is 5.54 Å². The summed E-state index contributed by atoms with van der Waals surface area (Å²) >= 11 is 0. The summed E-state index contributed by atoms with van der Waals surface area (Å²) in [6, 6.07) is 0. The highest BCUT2D eigenvalue weighted by Gasteiger charge is 2.33. The highest BCUT2D eigenvalue weighted by molar-refractivity contribution is 4.92. The third-order valence-electron chi connectivity index (χ3n) is 3.88. The predicted octanol–water partition coefficient (Wildman–Crippen LogP) is 2.80. The molecule has 0 aromatic rings. The van der Waals surface area contributed by atoms with Gasteiger partial charge in [-0.1, -0.05) is 40.5 Å². The first kappa shape index (κ1) is 18.9. The van der Waals surface area contributed by atoms with Gasteiger partial charge in [-0.15, -0.1) is 0 Å². The Morgan fingerprint density at radius 3 is 1.84 bits per heavy atom. The predicted molar refractivity (Wildman–Crippen MR) is 86.6 cm³/mol. The second-order valence-electron chi connectivity index (χ2n) is 6.57. The lowest BCUT2D eigenvalue weighted by Gasteiger charge is -2.45. The standard InChI is InChI=1S/C16H37N3/c1-7-9-16(14-17,10-8-2)19(13-15(3)4)12-11-18(5)6/h15H,7-14,17H2,1-6H3. The normalized spacial score (nSPS) is 12.9. The molecule has 0 amide bonds. The van der Waals surface area contributed by atoms with Crippen LogP contribution in [-0.4, -0.2) is 55.6 Å². The Labute approximate surface area is 121 Å². The van der Waals surface area contributed by atoms with Crippen LogP contribution in [0.15, 0.2) is 0 Å². The van der Waals surface area contributed by atoms with E-state index in [0.29, 0.717) is 5.92 Å². The number of nitrogens with two attached hydrogens (primary N) is 1. The Bertz CT molecular complexity index is 208. The van der Waals surface area contributed by atoms with Crippen molar-refractivity contribution in [1.82, 2.24) is 9.80 Å². The van der Waals surface area contributed by atoms with Crippen LogP contribution in [0, 0.1) is 5.92 Å². The highest BCUT2D eigenvalue weighted by Crippen LogP contribution is 2.27. The lowest BCUT2D eigenvalue weighted by atomic mass is 9.86. The summed E-state index contributed by atoms with van der Waals surface area (Å²) < 4.78 is 0. The molecule has 0 rings (SSSR count). The molecule has 3 nitrogen and oxygen atoms in total. The van der Waals surface area contributed by atoms with Gasteiger partial charge in [0.15, 0.2) is 0 Å². The molecule has 0 aliphatic rings. The quantitative estimate of drug-likeness (QED) is 0.627. The van der Waals surface area contributed by atoms with Crippen LogP contribution >= 0.6 is 0 Å². The fourth-order valence-electron chi connectivity index (χ4n) is 2.99. The monoisotopic (exact) mass is 271 g/mol. The van der Waals surface area contributed by atoms with Gasteiger partial charge < -0.3 is 10.6 Å².